The fraction of sp³-hybridized carbons (Fsp3) is 0.562. The van der Waals surface area contributed by atoms with E-state index in [9.17, 15) is 39.6 Å². The number of methoxy groups -OCH3 is 1. The summed E-state index contributed by atoms with van der Waals surface area (Å²) in [6.45, 7) is -0.603. The Morgan fingerprint density at radius 3 is 2.19 bits per heavy atom. The molecule has 1 saturated heterocycles. The van der Waals surface area contributed by atoms with E-state index in [0.717, 1.165) is 0 Å². The van der Waals surface area contributed by atoms with Gasteiger partial charge < -0.3 is 14.4 Å². The molecule has 0 radical (unpaired) electrons. The zero-order valence-corrected chi connectivity index (χ0v) is 18.2. The molecule has 0 unspecified atom stereocenters. The highest BCUT2D eigenvalue weighted by Crippen LogP contribution is 2.36. The standard InChI is InChI=1S/C16H17BrF6N2O5S/c1-29-11-3-2-9(17)8-12(11)31(27,28)24-10-4-6-25(7-5-10)14(26)30-13(15(18,19)20)16(21,22)23/h2-3,8,10,13,24H,4-7H2,1H3. The van der Waals surface area contributed by atoms with Gasteiger partial charge in [-0.3, -0.25) is 0 Å². The predicted molar refractivity (Wildman–Crippen MR) is 98.0 cm³/mol. The van der Waals surface area contributed by atoms with Gasteiger partial charge in [-0.15, -0.1) is 0 Å². The highest BCUT2D eigenvalue weighted by atomic mass is 79.9. The molecule has 1 fully saturated rings. The number of nitrogens with zero attached hydrogens (tertiary/aromatic N) is 1. The van der Waals surface area contributed by atoms with Crippen molar-refractivity contribution in [3.63, 3.8) is 0 Å². The molecule has 1 heterocycles. The highest BCUT2D eigenvalue weighted by Gasteiger charge is 2.60. The minimum atomic E-state index is -5.81. The summed E-state index contributed by atoms with van der Waals surface area (Å²) in [6.07, 6.45) is -17.8. The van der Waals surface area contributed by atoms with E-state index in [0.29, 0.717) is 9.37 Å². The first-order valence-corrected chi connectivity index (χ1v) is 10.9. The number of hydrogen-bond donors (Lipinski definition) is 1. The normalized spacial score (nSPS) is 16.5. The Hall–Kier alpha value is -1.74. The van der Waals surface area contributed by atoms with Crippen molar-refractivity contribution in [2.45, 2.75) is 42.2 Å². The number of carbonyl (C=O) groups excluding carboxylic acids is 1. The lowest BCUT2D eigenvalue weighted by atomic mass is 10.1. The first kappa shape index (κ1) is 25.5. The fourth-order valence-electron chi connectivity index (χ4n) is 2.82. The number of piperidine rings is 1. The predicted octanol–water partition coefficient (Wildman–Crippen LogP) is 3.83. The van der Waals surface area contributed by atoms with Crippen molar-refractivity contribution in [1.29, 1.82) is 0 Å². The minimum Gasteiger partial charge on any atom is -0.495 e. The van der Waals surface area contributed by atoms with Gasteiger partial charge in [-0.05, 0) is 31.0 Å². The molecular formula is C16H17BrF6N2O5S. The number of benzene rings is 1. The highest BCUT2D eigenvalue weighted by molar-refractivity contribution is 9.10. The number of halogens is 7. The van der Waals surface area contributed by atoms with Gasteiger partial charge in [0.05, 0.1) is 7.11 Å². The molecule has 0 spiro atoms. The van der Waals surface area contributed by atoms with Crippen LogP contribution in [0.15, 0.2) is 27.6 Å². The number of hydrogen-bond acceptors (Lipinski definition) is 5. The Labute approximate surface area is 181 Å². The van der Waals surface area contributed by atoms with Crippen LogP contribution in [0.1, 0.15) is 12.8 Å². The van der Waals surface area contributed by atoms with Crippen LogP contribution in [0.4, 0.5) is 31.1 Å². The minimum absolute atomic E-state index is 0.0483. The summed E-state index contributed by atoms with van der Waals surface area (Å²) in [5.41, 5.74) is 0. The zero-order chi connectivity index (χ0) is 23.6. The van der Waals surface area contributed by atoms with Gasteiger partial charge in [-0.2, -0.15) is 26.3 Å². The van der Waals surface area contributed by atoms with E-state index >= 15 is 0 Å². The molecule has 0 aromatic heterocycles. The van der Waals surface area contributed by atoms with E-state index in [4.69, 9.17) is 4.74 Å². The average Bonchev–Trinajstić information content (AvgIpc) is 2.64. The molecule has 31 heavy (non-hydrogen) atoms. The summed E-state index contributed by atoms with van der Waals surface area (Å²) in [7, 11) is -2.78. The van der Waals surface area contributed by atoms with Crippen LogP contribution in [0.25, 0.3) is 0 Å². The molecule has 1 aromatic rings. The van der Waals surface area contributed by atoms with Crippen LogP contribution in [-0.4, -0.2) is 64.1 Å². The van der Waals surface area contributed by atoms with Gasteiger partial charge in [0.1, 0.15) is 10.6 Å². The van der Waals surface area contributed by atoms with E-state index in [1.807, 2.05) is 0 Å². The quantitative estimate of drug-likeness (QED) is 0.571. The smallest absolute Gasteiger partial charge is 0.434 e. The maximum Gasteiger partial charge on any atom is 0.434 e. The lowest BCUT2D eigenvalue weighted by molar-refractivity contribution is -0.308. The second-order valence-corrected chi connectivity index (χ2v) is 9.12. The summed E-state index contributed by atoms with van der Waals surface area (Å²) in [5, 5.41) is 0. The number of rotatable bonds is 5. The molecule has 1 aliphatic rings. The number of likely N-dealkylation sites (tertiary alicyclic amines) is 1. The molecule has 1 N–H and O–H groups in total. The van der Waals surface area contributed by atoms with E-state index in [1.165, 1.54) is 19.2 Å². The molecular weight excluding hydrogens is 526 g/mol. The average molecular weight is 543 g/mol. The third-order valence-electron chi connectivity index (χ3n) is 4.30. The molecule has 1 aromatic carbocycles. The third kappa shape index (κ3) is 6.62. The van der Waals surface area contributed by atoms with Gasteiger partial charge in [-0.1, -0.05) is 15.9 Å². The van der Waals surface area contributed by atoms with Crippen LogP contribution < -0.4 is 9.46 Å². The molecule has 0 bridgehead atoms. The van der Waals surface area contributed by atoms with Gasteiger partial charge in [0.25, 0.3) is 6.10 Å². The summed E-state index contributed by atoms with van der Waals surface area (Å²) in [5.74, 6) is 0.0713. The fourth-order valence-corrected chi connectivity index (χ4v) is 4.83. The molecule has 176 valence electrons. The van der Waals surface area contributed by atoms with Crippen molar-refractivity contribution >= 4 is 32.0 Å². The number of nitrogens with one attached hydrogen (secondary N) is 1. The molecule has 0 aliphatic carbocycles. The number of ether oxygens (including phenoxy) is 2. The molecule has 1 amide bonds. The number of sulfonamides is 1. The van der Waals surface area contributed by atoms with Crippen molar-refractivity contribution in [3.05, 3.63) is 22.7 Å². The van der Waals surface area contributed by atoms with Crippen LogP contribution in [0.3, 0.4) is 0 Å². The maximum absolute atomic E-state index is 12.6. The van der Waals surface area contributed by atoms with Crippen LogP contribution >= 0.6 is 15.9 Å². The van der Waals surface area contributed by atoms with Crippen LogP contribution in [0.5, 0.6) is 5.75 Å². The van der Waals surface area contributed by atoms with Crippen molar-refractivity contribution in [2.24, 2.45) is 0 Å². The van der Waals surface area contributed by atoms with Crippen molar-refractivity contribution < 1.29 is 49.0 Å². The molecule has 15 heteroatoms. The second kappa shape index (κ2) is 9.40. The Bertz CT molecular complexity index is 887. The Morgan fingerprint density at radius 2 is 1.71 bits per heavy atom. The van der Waals surface area contributed by atoms with E-state index in [1.54, 1.807) is 6.07 Å². The first-order chi connectivity index (χ1) is 14.1. The molecule has 0 atom stereocenters. The molecule has 2 rings (SSSR count). The lowest BCUT2D eigenvalue weighted by Gasteiger charge is -2.33. The lowest BCUT2D eigenvalue weighted by Crippen LogP contribution is -2.51. The molecule has 1 aliphatic heterocycles. The van der Waals surface area contributed by atoms with Gasteiger partial charge in [0, 0.05) is 23.6 Å². The third-order valence-corrected chi connectivity index (χ3v) is 6.34. The van der Waals surface area contributed by atoms with Gasteiger partial charge >= 0.3 is 18.4 Å². The van der Waals surface area contributed by atoms with Crippen molar-refractivity contribution in [2.75, 3.05) is 20.2 Å². The first-order valence-electron chi connectivity index (χ1n) is 8.60. The summed E-state index contributed by atoms with van der Waals surface area (Å²) < 4.78 is 112. The molecule has 0 saturated carbocycles. The van der Waals surface area contributed by atoms with Crippen molar-refractivity contribution in [3.8, 4) is 5.75 Å². The SMILES string of the molecule is COc1ccc(Br)cc1S(=O)(=O)NC1CCN(C(=O)OC(C(F)(F)F)C(F)(F)F)CC1. The van der Waals surface area contributed by atoms with Gasteiger partial charge in [-0.25, -0.2) is 17.9 Å². The van der Waals surface area contributed by atoms with E-state index in [2.05, 4.69) is 25.4 Å². The largest absolute Gasteiger partial charge is 0.495 e. The van der Waals surface area contributed by atoms with Crippen molar-refractivity contribution in [1.82, 2.24) is 9.62 Å². The molecule has 7 nitrogen and oxygen atoms in total. The monoisotopic (exact) mass is 542 g/mol. The maximum atomic E-state index is 12.6. The second-order valence-electron chi connectivity index (χ2n) is 6.52. The summed E-state index contributed by atoms with van der Waals surface area (Å²) >= 11 is 3.15. The van der Waals surface area contributed by atoms with E-state index < -0.39 is 40.6 Å². The van der Waals surface area contributed by atoms with Gasteiger partial charge in [0.15, 0.2) is 0 Å². The Balaban J connectivity index is 2.01. The van der Waals surface area contributed by atoms with Crippen LogP contribution in [-0.2, 0) is 14.8 Å². The number of alkyl halides is 6. The Morgan fingerprint density at radius 1 is 1.16 bits per heavy atom. The summed E-state index contributed by atoms with van der Waals surface area (Å²) in [6, 6.07) is 3.59. The Kier molecular flexibility index (Phi) is 7.74. The zero-order valence-electron chi connectivity index (χ0n) is 15.8. The number of amides is 1. The number of carbonyl (C=O) groups is 1. The topological polar surface area (TPSA) is 84.9 Å². The van der Waals surface area contributed by atoms with Crippen LogP contribution in [0.2, 0.25) is 0 Å². The van der Waals surface area contributed by atoms with Gasteiger partial charge in [0.2, 0.25) is 10.0 Å². The van der Waals surface area contributed by atoms with Crippen LogP contribution in [0, 0.1) is 0 Å². The van der Waals surface area contributed by atoms with E-state index in [-0.39, 0.29) is 36.6 Å². The summed E-state index contributed by atoms with van der Waals surface area (Å²) in [4.78, 5) is 12.3.